The molecule has 1 saturated carbocycles. The normalized spacial score (nSPS) is 15.2. The van der Waals surface area contributed by atoms with Crippen LogP contribution in [0.2, 0.25) is 0 Å². The Balaban J connectivity index is 1.78. The van der Waals surface area contributed by atoms with E-state index < -0.39 is 12.1 Å². The molecule has 0 bridgehead atoms. The summed E-state index contributed by atoms with van der Waals surface area (Å²) in [6, 6.07) is 12.8. The lowest BCUT2D eigenvalue weighted by atomic mass is 10.1. The molecule has 0 aliphatic heterocycles. The SMILES string of the molecule is O=C(O[C@H](C(=O)NC1CC1)c1ccccc1)c1cccs1. The summed E-state index contributed by atoms with van der Waals surface area (Å²) in [5.74, 6) is -0.724. The van der Waals surface area contributed by atoms with Crippen LogP contribution in [-0.4, -0.2) is 17.9 Å². The van der Waals surface area contributed by atoms with Crippen molar-refractivity contribution in [2.24, 2.45) is 0 Å². The maximum Gasteiger partial charge on any atom is 0.349 e. The number of amides is 1. The van der Waals surface area contributed by atoms with Crippen LogP contribution in [-0.2, 0) is 9.53 Å². The van der Waals surface area contributed by atoms with Crippen molar-refractivity contribution in [3.05, 3.63) is 58.3 Å². The third-order valence-corrected chi connectivity index (χ3v) is 4.06. The van der Waals surface area contributed by atoms with E-state index in [2.05, 4.69) is 5.32 Å². The van der Waals surface area contributed by atoms with E-state index in [-0.39, 0.29) is 11.9 Å². The Kier molecular flexibility index (Phi) is 4.01. The highest BCUT2D eigenvalue weighted by atomic mass is 32.1. The van der Waals surface area contributed by atoms with Crippen LogP contribution in [0.4, 0.5) is 0 Å². The summed E-state index contributed by atoms with van der Waals surface area (Å²) in [4.78, 5) is 24.9. The minimum Gasteiger partial charge on any atom is -0.443 e. The van der Waals surface area contributed by atoms with Gasteiger partial charge in [0.1, 0.15) is 4.88 Å². The molecule has 3 rings (SSSR count). The monoisotopic (exact) mass is 301 g/mol. The Bertz CT molecular complexity index is 620. The number of hydrogen-bond donors (Lipinski definition) is 1. The number of thiophene rings is 1. The molecule has 1 aliphatic carbocycles. The zero-order valence-corrected chi connectivity index (χ0v) is 12.1. The molecular weight excluding hydrogens is 286 g/mol. The van der Waals surface area contributed by atoms with E-state index in [0.717, 1.165) is 12.8 Å². The lowest BCUT2D eigenvalue weighted by Crippen LogP contribution is -2.33. The van der Waals surface area contributed by atoms with E-state index in [1.807, 2.05) is 18.2 Å². The molecule has 1 atom stereocenters. The van der Waals surface area contributed by atoms with E-state index in [0.29, 0.717) is 10.4 Å². The predicted molar refractivity (Wildman–Crippen MR) is 80.1 cm³/mol. The largest absolute Gasteiger partial charge is 0.443 e. The first-order valence-corrected chi connectivity index (χ1v) is 7.72. The van der Waals surface area contributed by atoms with Crippen molar-refractivity contribution in [3.63, 3.8) is 0 Å². The Hall–Kier alpha value is -2.14. The van der Waals surface area contributed by atoms with Crippen molar-refractivity contribution < 1.29 is 14.3 Å². The molecule has 0 radical (unpaired) electrons. The summed E-state index contributed by atoms with van der Waals surface area (Å²) in [6.07, 6.45) is 1.08. The van der Waals surface area contributed by atoms with Crippen molar-refractivity contribution in [2.75, 3.05) is 0 Å². The summed E-state index contributed by atoms with van der Waals surface area (Å²) >= 11 is 1.30. The summed E-state index contributed by atoms with van der Waals surface area (Å²) in [5.41, 5.74) is 0.681. The average Bonchev–Trinajstić information content (AvgIpc) is 3.15. The van der Waals surface area contributed by atoms with Gasteiger partial charge < -0.3 is 10.1 Å². The molecule has 21 heavy (non-hydrogen) atoms. The van der Waals surface area contributed by atoms with Crippen molar-refractivity contribution in [3.8, 4) is 0 Å². The molecule has 4 nitrogen and oxygen atoms in total. The second-order valence-corrected chi connectivity index (χ2v) is 5.90. The lowest BCUT2D eigenvalue weighted by Gasteiger charge is -2.17. The summed E-state index contributed by atoms with van der Waals surface area (Å²) < 4.78 is 5.43. The molecule has 1 N–H and O–H groups in total. The molecule has 1 amide bonds. The molecule has 0 spiro atoms. The Morgan fingerprint density at radius 1 is 1.14 bits per heavy atom. The molecule has 1 fully saturated rings. The predicted octanol–water partition coefficient (Wildman–Crippen LogP) is 2.92. The van der Waals surface area contributed by atoms with E-state index >= 15 is 0 Å². The molecule has 5 heteroatoms. The highest BCUT2D eigenvalue weighted by Gasteiger charge is 2.31. The Morgan fingerprint density at radius 3 is 2.52 bits per heavy atom. The first kappa shape index (κ1) is 13.8. The molecular formula is C16H15NO3S. The first-order chi connectivity index (χ1) is 10.2. The second-order valence-electron chi connectivity index (χ2n) is 4.96. The fraction of sp³-hybridized carbons (Fsp3) is 0.250. The zero-order valence-electron chi connectivity index (χ0n) is 11.3. The van der Waals surface area contributed by atoms with Crippen molar-refractivity contribution in [1.29, 1.82) is 0 Å². The number of carbonyl (C=O) groups excluding carboxylic acids is 2. The molecule has 1 heterocycles. The van der Waals surface area contributed by atoms with E-state index in [9.17, 15) is 9.59 Å². The minimum absolute atomic E-state index is 0.226. The number of carbonyl (C=O) groups is 2. The fourth-order valence-corrected chi connectivity index (χ4v) is 2.57. The molecule has 2 aromatic rings. The highest BCUT2D eigenvalue weighted by Crippen LogP contribution is 2.24. The van der Waals surface area contributed by atoms with Crippen LogP contribution in [0.1, 0.15) is 34.2 Å². The van der Waals surface area contributed by atoms with E-state index in [1.54, 1.807) is 29.6 Å². The van der Waals surface area contributed by atoms with Gasteiger partial charge in [-0.25, -0.2) is 4.79 Å². The van der Waals surface area contributed by atoms with Crippen molar-refractivity contribution in [2.45, 2.75) is 25.0 Å². The van der Waals surface area contributed by atoms with Crippen LogP contribution in [0.3, 0.4) is 0 Å². The Labute approximate surface area is 126 Å². The van der Waals surface area contributed by atoms with Gasteiger partial charge in [-0.05, 0) is 24.3 Å². The first-order valence-electron chi connectivity index (χ1n) is 6.84. The van der Waals surface area contributed by atoms with Gasteiger partial charge in [-0.15, -0.1) is 11.3 Å². The Morgan fingerprint density at radius 2 is 1.90 bits per heavy atom. The van der Waals surface area contributed by atoms with E-state index in [4.69, 9.17) is 4.74 Å². The quantitative estimate of drug-likeness (QED) is 0.864. The highest BCUT2D eigenvalue weighted by molar-refractivity contribution is 7.11. The van der Waals surface area contributed by atoms with Gasteiger partial charge in [0, 0.05) is 11.6 Å². The summed E-state index contributed by atoms with van der Waals surface area (Å²) in [5, 5.41) is 4.69. The number of nitrogens with one attached hydrogen (secondary N) is 1. The molecule has 1 aromatic heterocycles. The van der Waals surface area contributed by atoms with Gasteiger partial charge in [0.2, 0.25) is 6.10 Å². The van der Waals surface area contributed by atoms with Crippen LogP contribution in [0.5, 0.6) is 0 Å². The number of benzene rings is 1. The molecule has 1 aliphatic rings. The van der Waals surface area contributed by atoms with Gasteiger partial charge in [-0.3, -0.25) is 4.79 Å². The number of esters is 1. The van der Waals surface area contributed by atoms with Gasteiger partial charge in [-0.2, -0.15) is 0 Å². The molecule has 0 unspecified atom stereocenters. The van der Waals surface area contributed by atoms with Crippen LogP contribution in [0, 0.1) is 0 Å². The maximum absolute atomic E-state index is 12.3. The smallest absolute Gasteiger partial charge is 0.349 e. The van der Waals surface area contributed by atoms with Crippen molar-refractivity contribution in [1.82, 2.24) is 5.32 Å². The molecule has 1 aromatic carbocycles. The van der Waals surface area contributed by atoms with Crippen LogP contribution in [0.15, 0.2) is 47.8 Å². The zero-order chi connectivity index (χ0) is 14.7. The topological polar surface area (TPSA) is 55.4 Å². The lowest BCUT2D eigenvalue weighted by molar-refractivity contribution is -0.130. The molecule has 0 saturated heterocycles. The number of rotatable bonds is 5. The third-order valence-electron chi connectivity index (χ3n) is 3.21. The van der Waals surface area contributed by atoms with Gasteiger partial charge >= 0.3 is 5.97 Å². The van der Waals surface area contributed by atoms with Crippen LogP contribution in [0.25, 0.3) is 0 Å². The van der Waals surface area contributed by atoms with Crippen LogP contribution >= 0.6 is 11.3 Å². The number of hydrogen-bond acceptors (Lipinski definition) is 4. The summed E-state index contributed by atoms with van der Waals surface area (Å²) in [6.45, 7) is 0. The van der Waals surface area contributed by atoms with Crippen molar-refractivity contribution >= 4 is 23.2 Å². The third kappa shape index (κ3) is 3.49. The molecule has 108 valence electrons. The van der Waals surface area contributed by atoms with Crippen LogP contribution < -0.4 is 5.32 Å². The van der Waals surface area contributed by atoms with Gasteiger partial charge in [0.15, 0.2) is 0 Å². The maximum atomic E-state index is 12.3. The minimum atomic E-state index is -0.901. The van der Waals surface area contributed by atoms with E-state index in [1.165, 1.54) is 11.3 Å². The standard InChI is InChI=1S/C16H15NO3S/c18-15(17-12-8-9-12)14(11-5-2-1-3-6-11)20-16(19)13-7-4-10-21-13/h1-7,10,12,14H,8-9H2,(H,17,18)/t14-/m0/s1. The number of ether oxygens (including phenoxy) is 1. The van der Waals surface area contributed by atoms with Gasteiger partial charge in [0.25, 0.3) is 5.91 Å². The second kappa shape index (κ2) is 6.10. The fourth-order valence-electron chi connectivity index (χ4n) is 1.97. The summed E-state index contributed by atoms with van der Waals surface area (Å²) in [7, 11) is 0. The van der Waals surface area contributed by atoms with Gasteiger partial charge in [0.05, 0.1) is 0 Å². The van der Waals surface area contributed by atoms with Gasteiger partial charge in [-0.1, -0.05) is 36.4 Å². The average molecular weight is 301 g/mol.